The molecule has 5 heteroatoms. The molecule has 1 fully saturated rings. The van der Waals surface area contributed by atoms with Crippen LogP contribution < -0.4 is 5.73 Å². The largest absolute Gasteiger partial charge is 0.500 e. The molecule has 0 saturated heterocycles. The molecule has 1 aromatic rings. The Kier molecular flexibility index (Phi) is 3.32. The fourth-order valence-corrected chi connectivity index (χ4v) is 4.01. The van der Waals surface area contributed by atoms with Crippen molar-refractivity contribution in [1.82, 2.24) is 10.2 Å². The number of nitrogen functional groups attached to an aromatic ring is 1. The lowest BCUT2D eigenvalue weighted by Gasteiger charge is -2.36. The highest BCUT2D eigenvalue weighted by atomic mass is 32.1. The molecule has 0 amide bonds. The Morgan fingerprint density at radius 2 is 2.20 bits per heavy atom. The van der Waals surface area contributed by atoms with Gasteiger partial charge in [-0.1, -0.05) is 31.1 Å². The predicted octanol–water partition coefficient (Wildman–Crippen LogP) is 3.63. The van der Waals surface area contributed by atoms with E-state index in [0.29, 0.717) is 5.13 Å². The maximum Gasteiger partial charge on any atom is 0.203 e. The van der Waals surface area contributed by atoms with Gasteiger partial charge in [-0.25, -0.2) is 0 Å². The number of hydrogen-bond donors (Lipinski definition) is 1. The summed E-state index contributed by atoms with van der Waals surface area (Å²) in [5, 5.41) is 9.61. The van der Waals surface area contributed by atoms with Crippen molar-refractivity contribution in [2.75, 3.05) is 12.8 Å². The second-order valence-electron chi connectivity index (χ2n) is 6.22. The van der Waals surface area contributed by atoms with Gasteiger partial charge in [-0.05, 0) is 42.9 Å². The van der Waals surface area contributed by atoms with Gasteiger partial charge in [0.1, 0.15) is 10.8 Å². The summed E-state index contributed by atoms with van der Waals surface area (Å²) in [4.78, 5) is 0. The van der Waals surface area contributed by atoms with E-state index in [4.69, 9.17) is 10.5 Å². The Bertz CT molecular complexity index is 586. The third kappa shape index (κ3) is 2.46. The van der Waals surface area contributed by atoms with E-state index >= 15 is 0 Å². The van der Waals surface area contributed by atoms with Crippen LogP contribution in [0.4, 0.5) is 5.13 Å². The first-order valence-corrected chi connectivity index (χ1v) is 7.89. The van der Waals surface area contributed by atoms with Crippen molar-refractivity contribution < 1.29 is 4.74 Å². The van der Waals surface area contributed by atoms with E-state index in [1.165, 1.54) is 41.7 Å². The van der Waals surface area contributed by atoms with Crippen LogP contribution in [0.2, 0.25) is 0 Å². The van der Waals surface area contributed by atoms with E-state index in [1.807, 2.05) is 0 Å². The number of nitrogens with two attached hydrogens (primary N) is 1. The maximum atomic E-state index is 5.71. The standard InChI is InChI=1S/C15H21N3OS/c1-9-6-11(13-17-18-14(16)20-13)8-15(2,12(9)19-3)7-10-4-5-10/h6,10H,4-5,7-8H2,1-3H3,(H2,16,18). The van der Waals surface area contributed by atoms with E-state index < -0.39 is 0 Å². The molecular formula is C15H21N3OS. The first-order chi connectivity index (χ1) is 9.51. The Morgan fingerprint density at radius 1 is 1.45 bits per heavy atom. The molecule has 0 aromatic carbocycles. The van der Waals surface area contributed by atoms with Gasteiger partial charge in [0.05, 0.1) is 7.11 Å². The highest BCUT2D eigenvalue weighted by molar-refractivity contribution is 7.16. The fraction of sp³-hybridized carbons (Fsp3) is 0.600. The SMILES string of the molecule is COC1=C(C)C=C(c2nnc(N)s2)CC1(C)CC1CC1. The van der Waals surface area contributed by atoms with Crippen LogP contribution in [-0.2, 0) is 4.74 Å². The molecule has 2 N–H and O–H groups in total. The van der Waals surface area contributed by atoms with Crippen molar-refractivity contribution in [2.45, 2.75) is 39.5 Å². The number of allylic oxidation sites excluding steroid dienone is 4. The van der Waals surface area contributed by atoms with E-state index in [2.05, 4.69) is 30.1 Å². The molecule has 1 saturated carbocycles. The predicted molar refractivity (Wildman–Crippen MR) is 82.1 cm³/mol. The summed E-state index contributed by atoms with van der Waals surface area (Å²) in [5.41, 5.74) is 8.22. The summed E-state index contributed by atoms with van der Waals surface area (Å²) in [5.74, 6) is 1.99. The number of hydrogen-bond acceptors (Lipinski definition) is 5. The Hall–Kier alpha value is -1.36. The quantitative estimate of drug-likeness (QED) is 0.920. The minimum atomic E-state index is 0.0739. The molecule has 1 unspecified atom stereocenters. The Labute approximate surface area is 123 Å². The van der Waals surface area contributed by atoms with Crippen molar-refractivity contribution in [1.29, 1.82) is 0 Å². The Balaban J connectivity index is 1.96. The lowest BCUT2D eigenvalue weighted by molar-refractivity contribution is 0.164. The third-order valence-electron chi connectivity index (χ3n) is 4.23. The van der Waals surface area contributed by atoms with Gasteiger partial charge >= 0.3 is 0 Å². The van der Waals surface area contributed by atoms with E-state index in [9.17, 15) is 0 Å². The molecule has 1 atom stereocenters. The minimum Gasteiger partial charge on any atom is -0.500 e. The van der Waals surface area contributed by atoms with Gasteiger partial charge in [0.15, 0.2) is 0 Å². The first kappa shape index (κ1) is 13.6. The number of anilines is 1. The lowest BCUT2D eigenvalue weighted by Crippen LogP contribution is -2.25. The minimum absolute atomic E-state index is 0.0739. The van der Waals surface area contributed by atoms with Gasteiger partial charge in [-0.3, -0.25) is 0 Å². The highest BCUT2D eigenvalue weighted by Gasteiger charge is 2.40. The molecule has 0 aliphatic heterocycles. The molecule has 2 aliphatic rings. The third-order valence-corrected chi connectivity index (χ3v) is 5.06. The first-order valence-electron chi connectivity index (χ1n) is 7.07. The van der Waals surface area contributed by atoms with Crippen LogP contribution in [0.25, 0.3) is 5.57 Å². The Morgan fingerprint density at radius 3 is 2.75 bits per heavy atom. The topological polar surface area (TPSA) is 61.0 Å². The second kappa shape index (κ2) is 4.88. The van der Waals surface area contributed by atoms with E-state index in [-0.39, 0.29) is 5.41 Å². The monoisotopic (exact) mass is 291 g/mol. The van der Waals surface area contributed by atoms with Crippen LogP contribution in [0.1, 0.15) is 44.5 Å². The average molecular weight is 291 g/mol. The molecule has 108 valence electrons. The summed E-state index contributed by atoms with van der Waals surface area (Å²) < 4.78 is 5.71. The van der Waals surface area contributed by atoms with E-state index in [1.54, 1.807) is 7.11 Å². The van der Waals surface area contributed by atoms with Gasteiger partial charge < -0.3 is 10.5 Å². The van der Waals surface area contributed by atoms with E-state index in [0.717, 1.165) is 23.1 Å². The van der Waals surface area contributed by atoms with Crippen molar-refractivity contribution in [2.24, 2.45) is 11.3 Å². The number of nitrogens with zero attached hydrogens (tertiary/aromatic N) is 2. The molecule has 0 bridgehead atoms. The maximum absolute atomic E-state index is 5.71. The van der Waals surface area contributed by atoms with Crippen LogP contribution in [0.15, 0.2) is 17.4 Å². The highest BCUT2D eigenvalue weighted by Crippen LogP contribution is 2.51. The zero-order valence-corrected chi connectivity index (χ0v) is 13.1. The molecule has 20 heavy (non-hydrogen) atoms. The van der Waals surface area contributed by atoms with Gasteiger partial charge in [0.2, 0.25) is 5.13 Å². The average Bonchev–Trinajstić information content (AvgIpc) is 3.06. The molecule has 4 nitrogen and oxygen atoms in total. The summed E-state index contributed by atoms with van der Waals surface area (Å²) in [6, 6.07) is 0. The van der Waals surface area contributed by atoms with Crippen molar-refractivity contribution in [3.63, 3.8) is 0 Å². The zero-order valence-electron chi connectivity index (χ0n) is 12.3. The normalized spacial score (nSPS) is 26.6. The van der Waals surface area contributed by atoms with Crippen molar-refractivity contribution >= 4 is 22.0 Å². The summed E-state index contributed by atoms with van der Waals surface area (Å²) in [6.45, 7) is 4.43. The fourth-order valence-electron chi connectivity index (χ4n) is 3.39. The van der Waals surface area contributed by atoms with Gasteiger partial charge in [0, 0.05) is 5.41 Å². The summed E-state index contributed by atoms with van der Waals surface area (Å²) in [7, 11) is 1.78. The number of methoxy groups -OCH3 is 1. The lowest BCUT2D eigenvalue weighted by atomic mass is 9.72. The molecule has 0 radical (unpaired) electrons. The summed E-state index contributed by atoms with van der Waals surface area (Å²) in [6.07, 6.45) is 7.04. The molecule has 1 heterocycles. The van der Waals surface area contributed by atoms with Crippen LogP contribution in [0, 0.1) is 11.3 Å². The molecule has 2 aliphatic carbocycles. The van der Waals surface area contributed by atoms with Gasteiger partial charge in [-0.2, -0.15) is 0 Å². The second-order valence-corrected chi connectivity index (χ2v) is 7.23. The number of ether oxygens (including phenoxy) is 1. The van der Waals surface area contributed by atoms with Crippen LogP contribution in [0.5, 0.6) is 0 Å². The zero-order chi connectivity index (χ0) is 14.3. The van der Waals surface area contributed by atoms with Crippen molar-refractivity contribution in [3.05, 3.63) is 22.4 Å². The molecular weight excluding hydrogens is 270 g/mol. The smallest absolute Gasteiger partial charge is 0.203 e. The summed E-state index contributed by atoms with van der Waals surface area (Å²) >= 11 is 1.46. The van der Waals surface area contributed by atoms with Crippen LogP contribution in [0.3, 0.4) is 0 Å². The molecule has 1 aromatic heterocycles. The van der Waals surface area contributed by atoms with Crippen LogP contribution in [-0.4, -0.2) is 17.3 Å². The van der Waals surface area contributed by atoms with Gasteiger partial charge in [-0.15, -0.1) is 10.2 Å². The number of aromatic nitrogens is 2. The van der Waals surface area contributed by atoms with Crippen molar-refractivity contribution in [3.8, 4) is 0 Å². The number of rotatable bonds is 4. The molecule has 0 spiro atoms. The van der Waals surface area contributed by atoms with Gasteiger partial charge in [0.25, 0.3) is 0 Å². The van der Waals surface area contributed by atoms with Crippen LogP contribution >= 0.6 is 11.3 Å². The molecule has 3 rings (SSSR count).